The molecule has 1 aromatic carbocycles. The Kier molecular flexibility index (Phi) is 4.04. The van der Waals surface area contributed by atoms with Gasteiger partial charge < -0.3 is 4.52 Å². The Labute approximate surface area is 118 Å². The third-order valence-corrected chi connectivity index (χ3v) is 2.93. The van der Waals surface area contributed by atoms with Crippen molar-refractivity contribution in [3.63, 3.8) is 0 Å². The first-order valence-corrected chi connectivity index (χ1v) is 6.15. The molecule has 106 valence electrons. The van der Waals surface area contributed by atoms with Crippen molar-refractivity contribution in [1.29, 1.82) is 0 Å². The molecular weight excluding hydrogens is 290 g/mol. The first kappa shape index (κ1) is 14.5. The molecule has 0 saturated heterocycles. The average Bonchev–Trinajstić information content (AvgIpc) is 2.74. The van der Waals surface area contributed by atoms with Crippen LogP contribution in [0.3, 0.4) is 0 Å². The monoisotopic (exact) mass is 300 g/mol. The van der Waals surface area contributed by atoms with Crippen molar-refractivity contribution in [2.75, 3.05) is 5.32 Å². The maximum absolute atomic E-state index is 13.8. The van der Waals surface area contributed by atoms with Gasteiger partial charge in [0.25, 0.3) is 11.5 Å². The number of aryl methyl sites for hydroxylation is 1. The Morgan fingerprint density at radius 3 is 2.80 bits per heavy atom. The van der Waals surface area contributed by atoms with Crippen LogP contribution in [0.1, 0.15) is 11.1 Å². The number of anilines is 1. The topological polar surface area (TPSA) is 55.1 Å². The predicted octanol–water partition coefficient (Wildman–Crippen LogP) is 3.57. The molecular formula is C13H11ClF2N2O2. The van der Waals surface area contributed by atoms with Gasteiger partial charge in [-0.2, -0.15) is 0 Å². The normalized spacial score (nSPS) is 12.2. The highest BCUT2D eigenvalue weighted by molar-refractivity contribution is 6.31. The van der Waals surface area contributed by atoms with Gasteiger partial charge in [0.1, 0.15) is 11.5 Å². The van der Waals surface area contributed by atoms with Gasteiger partial charge in [0.2, 0.25) is 5.88 Å². The van der Waals surface area contributed by atoms with E-state index in [1.807, 2.05) is 6.92 Å². The fourth-order valence-electron chi connectivity index (χ4n) is 1.69. The van der Waals surface area contributed by atoms with Gasteiger partial charge in [-0.15, -0.1) is 0 Å². The van der Waals surface area contributed by atoms with Gasteiger partial charge >= 0.3 is 0 Å². The minimum Gasteiger partial charge on any atom is -0.338 e. The second-order valence-electron chi connectivity index (χ2n) is 4.26. The lowest BCUT2D eigenvalue weighted by atomic mass is 10.1. The van der Waals surface area contributed by atoms with E-state index < -0.39 is 17.4 Å². The van der Waals surface area contributed by atoms with Crippen molar-refractivity contribution in [1.82, 2.24) is 5.16 Å². The Balaban J connectivity index is 2.38. The van der Waals surface area contributed by atoms with Crippen LogP contribution in [0.2, 0.25) is 0 Å². The highest BCUT2D eigenvalue weighted by Crippen LogP contribution is 2.30. The molecule has 2 aromatic rings. The fraction of sp³-hybridized carbons (Fsp3) is 0.231. The van der Waals surface area contributed by atoms with Gasteiger partial charge in [0.15, 0.2) is 0 Å². The summed E-state index contributed by atoms with van der Waals surface area (Å²) in [6.07, 6.45) is 0. The highest BCUT2D eigenvalue weighted by atomic mass is 35.5. The van der Waals surface area contributed by atoms with Gasteiger partial charge in [-0.05, 0) is 26.0 Å². The van der Waals surface area contributed by atoms with Crippen molar-refractivity contribution in [2.24, 2.45) is 0 Å². The number of benzene rings is 1. The number of carbonyl (C=O) groups is 1. The summed E-state index contributed by atoms with van der Waals surface area (Å²) in [6.45, 7) is 3.38. The maximum Gasteiger partial charge on any atom is 0.276 e. The standard InChI is InChI=1S/C13H11ClF2N2O2/c1-6-3-4-9(15)8(5-6)10-7(2)13(20-18-10)17-12(19)11(14)16/h3-5,11H,1-2H3,(H,17,19). The SMILES string of the molecule is Cc1ccc(F)c(-c2noc(NC(=O)C(F)Cl)c2C)c1. The Hall–Kier alpha value is -1.95. The molecule has 1 heterocycles. The summed E-state index contributed by atoms with van der Waals surface area (Å²) >= 11 is 5.00. The molecule has 1 atom stereocenters. The molecule has 0 bridgehead atoms. The van der Waals surface area contributed by atoms with Gasteiger partial charge in [-0.25, -0.2) is 8.78 Å². The molecule has 1 N–H and O–H groups in total. The molecule has 1 amide bonds. The van der Waals surface area contributed by atoms with Gasteiger partial charge in [-0.1, -0.05) is 28.4 Å². The number of halogens is 3. The zero-order valence-corrected chi connectivity index (χ0v) is 11.5. The van der Waals surface area contributed by atoms with E-state index in [1.165, 1.54) is 6.07 Å². The molecule has 1 aromatic heterocycles. The fourth-order valence-corrected chi connectivity index (χ4v) is 1.75. The summed E-state index contributed by atoms with van der Waals surface area (Å²) in [4.78, 5) is 11.2. The van der Waals surface area contributed by atoms with Crippen LogP contribution in [0.5, 0.6) is 0 Å². The molecule has 0 aliphatic rings. The number of alkyl halides is 2. The van der Waals surface area contributed by atoms with Crippen LogP contribution in [0, 0.1) is 19.7 Å². The summed E-state index contributed by atoms with van der Waals surface area (Å²) in [5.74, 6) is -1.60. The number of carbonyl (C=O) groups excluding carboxylic acids is 1. The number of nitrogens with zero attached hydrogens (tertiary/aromatic N) is 1. The molecule has 0 aliphatic heterocycles. The van der Waals surface area contributed by atoms with Crippen molar-refractivity contribution in [3.05, 3.63) is 35.1 Å². The van der Waals surface area contributed by atoms with Crippen LogP contribution in [0.15, 0.2) is 22.7 Å². The highest BCUT2D eigenvalue weighted by Gasteiger charge is 2.21. The van der Waals surface area contributed by atoms with Crippen molar-refractivity contribution >= 4 is 23.4 Å². The molecule has 20 heavy (non-hydrogen) atoms. The largest absolute Gasteiger partial charge is 0.338 e. The number of rotatable bonds is 3. The van der Waals surface area contributed by atoms with Crippen LogP contribution in [0.4, 0.5) is 14.7 Å². The molecule has 4 nitrogen and oxygen atoms in total. The summed E-state index contributed by atoms with van der Waals surface area (Å²) < 4.78 is 31.3. The molecule has 7 heteroatoms. The maximum atomic E-state index is 13.8. The number of nitrogens with one attached hydrogen (secondary N) is 1. The minimum absolute atomic E-state index is 0.0609. The van der Waals surface area contributed by atoms with E-state index in [9.17, 15) is 13.6 Å². The smallest absolute Gasteiger partial charge is 0.276 e. The van der Waals surface area contributed by atoms with Gasteiger partial charge in [0.05, 0.1) is 0 Å². The Morgan fingerprint density at radius 2 is 2.15 bits per heavy atom. The number of aromatic nitrogens is 1. The molecule has 0 fully saturated rings. The Morgan fingerprint density at radius 1 is 1.45 bits per heavy atom. The summed E-state index contributed by atoms with van der Waals surface area (Å²) in [7, 11) is 0. The number of hydrogen-bond donors (Lipinski definition) is 1. The van der Waals surface area contributed by atoms with Crippen LogP contribution >= 0.6 is 11.6 Å². The van der Waals surface area contributed by atoms with Crippen LogP contribution in [0.25, 0.3) is 11.3 Å². The zero-order valence-electron chi connectivity index (χ0n) is 10.7. The molecule has 1 unspecified atom stereocenters. The summed E-state index contributed by atoms with van der Waals surface area (Å²) in [5, 5.41) is 5.84. The van der Waals surface area contributed by atoms with E-state index in [2.05, 4.69) is 10.5 Å². The molecule has 0 aliphatic carbocycles. The lowest BCUT2D eigenvalue weighted by Gasteiger charge is -2.03. The summed E-state index contributed by atoms with van der Waals surface area (Å²) in [5.41, 5.74) is -0.473. The van der Waals surface area contributed by atoms with E-state index in [4.69, 9.17) is 16.1 Å². The van der Waals surface area contributed by atoms with E-state index in [0.29, 0.717) is 5.56 Å². The zero-order chi connectivity index (χ0) is 14.9. The van der Waals surface area contributed by atoms with E-state index in [1.54, 1.807) is 19.1 Å². The molecule has 2 rings (SSSR count). The average molecular weight is 301 g/mol. The molecule has 0 radical (unpaired) electrons. The first-order chi connectivity index (χ1) is 9.40. The lowest BCUT2D eigenvalue weighted by molar-refractivity contribution is -0.118. The Bertz CT molecular complexity index is 656. The van der Waals surface area contributed by atoms with Crippen LogP contribution < -0.4 is 5.32 Å². The third-order valence-electron chi connectivity index (χ3n) is 2.74. The molecule has 0 saturated carbocycles. The van der Waals surface area contributed by atoms with Gasteiger partial charge in [-0.3, -0.25) is 10.1 Å². The van der Waals surface area contributed by atoms with E-state index >= 15 is 0 Å². The van der Waals surface area contributed by atoms with E-state index in [0.717, 1.165) is 5.56 Å². The minimum atomic E-state index is -2.20. The first-order valence-electron chi connectivity index (χ1n) is 5.72. The van der Waals surface area contributed by atoms with Crippen LogP contribution in [-0.4, -0.2) is 16.7 Å². The lowest BCUT2D eigenvalue weighted by Crippen LogP contribution is -2.19. The van der Waals surface area contributed by atoms with Crippen molar-refractivity contribution in [3.8, 4) is 11.3 Å². The second-order valence-corrected chi connectivity index (χ2v) is 4.64. The number of hydrogen-bond acceptors (Lipinski definition) is 3. The molecule has 0 spiro atoms. The van der Waals surface area contributed by atoms with Crippen molar-refractivity contribution in [2.45, 2.75) is 19.5 Å². The van der Waals surface area contributed by atoms with Gasteiger partial charge in [0, 0.05) is 11.1 Å². The second kappa shape index (κ2) is 5.58. The van der Waals surface area contributed by atoms with Crippen LogP contribution in [-0.2, 0) is 4.79 Å². The summed E-state index contributed by atoms with van der Waals surface area (Å²) in [6, 6.07) is 4.54. The van der Waals surface area contributed by atoms with E-state index in [-0.39, 0.29) is 17.1 Å². The third kappa shape index (κ3) is 2.80. The quantitative estimate of drug-likeness (QED) is 0.882. The number of amides is 1. The predicted molar refractivity (Wildman–Crippen MR) is 70.7 cm³/mol. The van der Waals surface area contributed by atoms with Crippen molar-refractivity contribution < 1.29 is 18.1 Å².